The van der Waals surface area contributed by atoms with Gasteiger partial charge in [-0.2, -0.15) is 0 Å². The highest BCUT2D eigenvalue weighted by atomic mass is 32.2. The van der Waals surface area contributed by atoms with Gasteiger partial charge in [0.05, 0.1) is 28.6 Å². The van der Waals surface area contributed by atoms with Gasteiger partial charge in [-0.1, -0.05) is 19.1 Å². The third kappa shape index (κ3) is 3.73. The number of carbonyl (C=O) groups is 1. The lowest BCUT2D eigenvalue weighted by molar-refractivity contribution is -0.137. The summed E-state index contributed by atoms with van der Waals surface area (Å²) in [5.74, 6) is 1.09. The first-order chi connectivity index (χ1) is 13.0. The van der Waals surface area contributed by atoms with E-state index in [1.165, 1.54) is 0 Å². The standard InChI is InChI=1S/C19H26N4O3S/c1-2-9-22-10-11-23(17-13-27(25,26)12-16(17)22)19(24)8-7-18-20-14-5-3-4-6-15(14)21-18/h3-6,16-17H,2,7-13H2,1H3,(H,20,21)/t16-,17+/m1/s1. The first-order valence-corrected chi connectivity index (χ1v) is 11.5. The van der Waals surface area contributed by atoms with Gasteiger partial charge in [0.25, 0.3) is 0 Å². The second-order valence-electron chi connectivity index (χ2n) is 7.54. The van der Waals surface area contributed by atoms with Gasteiger partial charge in [-0.25, -0.2) is 13.4 Å². The highest BCUT2D eigenvalue weighted by molar-refractivity contribution is 7.91. The van der Waals surface area contributed by atoms with Crippen LogP contribution in [0.2, 0.25) is 0 Å². The predicted octanol–water partition coefficient (Wildman–Crippen LogP) is 1.22. The summed E-state index contributed by atoms with van der Waals surface area (Å²) >= 11 is 0. The van der Waals surface area contributed by atoms with E-state index in [1.54, 1.807) is 0 Å². The van der Waals surface area contributed by atoms with Crippen LogP contribution in [-0.4, -0.2) is 77.3 Å². The number of sulfone groups is 1. The minimum absolute atomic E-state index is 0.0266. The number of carbonyl (C=O) groups excluding carboxylic acids is 1. The first kappa shape index (κ1) is 18.4. The molecule has 0 aliphatic carbocycles. The topological polar surface area (TPSA) is 86.4 Å². The summed E-state index contributed by atoms with van der Waals surface area (Å²) in [5, 5.41) is 0. The summed E-state index contributed by atoms with van der Waals surface area (Å²) in [5.41, 5.74) is 1.87. The number of hydrogen-bond donors (Lipinski definition) is 1. The van der Waals surface area contributed by atoms with Crippen molar-refractivity contribution in [2.24, 2.45) is 0 Å². The third-order valence-corrected chi connectivity index (χ3v) is 7.34. The number of aromatic nitrogens is 2. The molecule has 0 bridgehead atoms. The van der Waals surface area contributed by atoms with Crippen molar-refractivity contribution in [3.8, 4) is 0 Å². The molecule has 8 heteroatoms. The van der Waals surface area contributed by atoms with Crippen LogP contribution in [0.1, 0.15) is 25.6 Å². The number of nitrogens with zero attached hydrogens (tertiary/aromatic N) is 3. The van der Waals surface area contributed by atoms with Gasteiger partial charge in [0.15, 0.2) is 9.84 Å². The largest absolute Gasteiger partial charge is 0.342 e. The summed E-state index contributed by atoms with van der Waals surface area (Å²) in [6.07, 6.45) is 1.87. The minimum atomic E-state index is -3.09. The lowest BCUT2D eigenvalue weighted by Gasteiger charge is -2.44. The van der Waals surface area contributed by atoms with Crippen LogP contribution in [0.15, 0.2) is 24.3 Å². The Labute approximate surface area is 159 Å². The Morgan fingerprint density at radius 3 is 2.78 bits per heavy atom. The van der Waals surface area contributed by atoms with E-state index in [0.29, 0.717) is 19.4 Å². The number of nitrogens with one attached hydrogen (secondary N) is 1. The molecule has 2 aliphatic heterocycles. The second kappa shape index (κ2) is 7.24. The maximum absolute atomic E-state index is 12.9. The van der Waals surface area contributed by atoms with E-state index >= 15 is 0 Å². The van der Waals surface area contributed by atoms with Crippen LogP contribution in [0.25, 0.3) is 11.0 Å². The molecule has 0 spiro atoms. The fourth-order valence-electron chi connectivity index (χ4n) is 4.39. The zero-order valence-corrected chi connectivity index (χ0v) is 16.4. The van der Waals surface area contributed by atoms with Gasteiger partial charge in [0.1, 0.15) is 5.82 Å². The monoisotopic (exact) mass is 390 g/mol. The molecule has 4 rings (SSSR count). The van der Waals surface area contributed by atoms with E-state index in [9.17, 15) is 13.2 Å². The number of benzene rings is 1. The van der Waals surface area contributed by atoms with Crippen LogP contribution in [0.4, 0.5) is 0 Å². The van der Waals surface area contributed by atoms with Gasteiger partial charge in [0, 0.05) is 32.0 Å². The van der Waals surface area contributed by atoms with Gasteiger partial charge in [-0.3, -0.25) is 9.69 Å². The maximum Gasteiger partial charge on any atom is 0.223 e. The number of amides is 1. The van der Waals surface area contributed by atoms with Crippen molar-refractivity contribution >= 4 is 26.8 Å². The number of fused-ring (bicyclic) bond motifs is 2. The molecule has 2 saturated heterocycles. The molecule has 2 atom stereocenters. The zero-order chi connectivity index (χ0) is 19.0. The first-order valence-electron chi connectivity index (χ1n) is 9.64. The van der Waals surface area contributed by atoms with Crippen LogP contribution in [0.5, 0.6) is 0 Å². The molecule has 3 heterocycles. The van der Waals surface area contributed by atoms with Crippen LogP contribution >= 0.6 is 0 Å². The average molecular weight is 391 g/mol. The van der Waals surface area contributed by atoms with E-state index in [-0.39, 0.29) is 29.5 Å². The van der Waals surface area contributed by atoms with E-state index < -0.39 is 9.84 Å². The van der Waals surface area contributed by atoms with Gasteiger partial charge in [-0.05, 0) is 25.1 Å². The lowest BCUT2D eigenvalue weighted by Crippen LogP contribution is -2.60. The molecule has 7 nitrogen and oxygen atoms in total. The van der Waals surface area contributed by atoms with E-state index in [1.807, 2.05) is 29.2 Å². The van der Waals surface area contributed by atoms with Crippen molar-refractivity contribution in [1.82, 2.24) is 19.8 Å². The Balaban J connectivity index is 1.45. The Morgan fingerprint density at radius 1 is 1.22 bits per heavy atom. The smallest absolute Gasteiger partial charge is 0.223 e. The summed E-state index contributed by atoms with van der Waals surface area (Å²) in [7, 11) is -3.09. The van der Waals surface area contributed by atoms with Gasteiger partial charge < -0.3 is 9.88 Å². The van der Waals surface area contributed by atoms with E-state index in [0.717, 1.165) is 36.4 Å². The number of hydrogen-bond acceptors (Lipinski definition) is 5. The van der Waals surface area contributed by atoms with Crippen molar-refractivity contribution < 1.29 is 13.2 Å². The van der Waals surface area contributed by atoms with Crippen molar-refractivity contribution in [2.45, 2.75) is 38.3 Å². The molecule has 2 aliphatic rings. The van der Waals surface area contributed by atoms with Crippen molar-refractivity contribution in [1.29, 1.82) is 0 Å². The van der Waals surface area contributed by atoms with Crippen LogP contribution in [0, 0.1) is 0 Å². The van der Waals surface area contributed by atoms with Crippen LogP contribution in [0.3, 0.4) is 0 Å². The van der Waals surface area contributed by atoms with Crippen molar-refractivity contribution in [3.05, 3.63) is 30.1 Å². The molecule has 1 N–H and O–H groups in total. The fourth-order valence-corrected chi connectivity index (χ4v) is 6.40. The maximum atomic E-state index is 12.9. The highest BCUT2D eigenvalue weighted by Gasteiger charge is 2.47. The molecule has 0 radical (unpaired) electrons. The van der Waals surface area contributed by atoms with Gasteiger partial charge >= 0.3 is 0 Å². The van der Waals surface area contributed by atoms with Gasteiger partial charge in [-0.15, -0.1) is 0 Å². The quantitative estimate of drug-likeness (QED) is 0.829. The Morgan fingerprint density at radius 2 is 2.00 bits per heavy atom. The van der Waals surface area contributed by atoms with E-state index in [4.69, 9.17) is 0 Å². The predicted molar refractivity (Wildman–Crippen MR) is 104 cm³/mol. The molecular weight excluding hydrogens is 364 g/mol. The molecule has 1 aromatic carbocycles. The van der Waals surface area contributed by atoms with Crippen LogP contribution < -0.4 is 0 Å². The zero-order valence-electron chi connectivity index (χ0n) is 15.6. The minimum Gasteiger partial charge on any atom is -0.342 e. The number of aryl methyl sites for hydroxylation is 1. The Hall–Kier alpha value is -1.93. The lowest BCUT2D eigenvalue weighted by atomic mass is 10.0. The molecule has 1 aromatic heterocycles. The van der Waals surface area contributed by atoms with Crippen molar-refractivity contribution in [3.63, 3.8) is 0 Å². The van der Waals surface area contributed by atoms with Crippen LogP contribution in [-0.2, 0) is 21.1 Å². The molecule has 27 heavy (non-hydrogen) atoms. The summed E-state index contributed by atoms with van der Waals surface area (Å²) in [4.78, 5) is 24.7. The number of aromatic amines is 1. The average Bonchev–Trinajstić information content (AvgIpc) is 3.19. The second-order valence-corrected chi connectivity index (χ2v) is 9.69. The Bertz CT molecular complexity index is 906. The van der Waals surface area contributed by atoms with Gasteiger partial charge in [0.2, 0.25) is 5.91 Å². The molecule has 2 aromatic rings. The summed E-state index contributed by atoms with van der Waals surface area (Å²) in [6, 6.07) is 7.53. The summed E-state index contributed by atoms with van der Waals surface area (Å²) < 4.78 is 24.4. The molecule has 146 valence electrons. The number of piperazine rings is 1. The molecule has 1 amide bonds. The SMILES string of the molecule is CCCN1CCN(C(=O)CCc2nc3ccccc3[nH]2)[C@H]2CS(=O)(=O)C[C@H]21. The normalized spacial score (nSPS) is 25.0. The molecule has 0 unspecified atom stereocenters. The third-order valence-electron chi connectivity index (χ3n) is 5.64. The van der Waals surface area contributed by atoms with E-state index in [2.05, 4.69) is 21.8 Å². The number of imidazole rings is 1. The fraction of sp³-hybridized carbons (Fsp3) is 0.579. The van der Waals surface area contributed by atoms with Crippen molar-refractivity contribution in [2.75, 3.05) is 31.1 Å². The molecule has 2 fully saturated rings. The molecular formula is C19H26N4O3S. The highest BCUT2D eigenvalue weighted by Crippen LogP contribution is 2.27. The number of H-pyrrole nitrogens is 1. The molecule has 0 saturated carbocycles. The number of rotatable bonds is 5. The number of para-hydroxylation sites is 2. The summed E-state index contributed by atoms with van der Waals surface area (Å²) in [6.45, 7) is 4.34. The Kier molecular flexibility index (Phi) is 4.94.